The standard InChI is InChI=1S/C28H34BrClN2O6/c1-5-11-31(20-10-8-7-9-19(20)30)26(35)24-28-14-18(29)23(38-28)21(27(36)37-12-6-2)22(28)25(34)32(24)17(15-33)13-16(3)4/h5-10,16-18,21-24,33H,1-2,11-15H2,3-4H3/t17-,18?,21-,22+,23-,24?,28?/m1/s1. The second-order valence-electron chi connectivity index (χ2n) is 10.5. The van der Waals surface area contributed by atoms with E-state index in [0.717, 1.165) is 0 Å². The second-order valence-corrected chi connectivity index (χ2v) is 12.1. The molecule has 2 amide bonds. The molecule has 1 N–H and O–H groups in total. The van der Waals surface area contributed by atoms with Crippen LogP contribution in [0.2, 0.25) is 5.02 Å². The van der Waals surface area contributed by atoms with Gasteiger partial charge >= 0.3 is 5.97 Å². The number of carbonyl (C=O) groups excluding carboxylic acids is 3. The van der Waals surface area contributed by atoms with E-state index in [1.807, 2.05) is 13.8 Å². The molecular weight excluding hydrogens is 576 g/mol. The molecule has 0 radical (unpaired) electrons. The van der Waals surface area contributed by atoms with Gasteiger partial charge in [-0.3, -0.25) is 14.4 Å². The summed E-state index contributed by atoms with van der Waals surface area (Å²) in [7, 11) is 0. The maximum atomic E-state index is 14.5. The van der Waals surface area contributed by atoms with Gasteiger partial charge in [-0.25, -0.2) is 0 Å². The van der Waals surface area contributed by atoms with Crippen molar-refractivity contribution in [2.75, 3.05) is 24.7 Å². The maximum Gasteiger partial charge on any atom is 0.312 e. The molecule has 2 bridgehead atoms. The Bertz CT molecular complexity index is 1110. The van der Waals surface area contributed by atoms with Crippen LogP contribution in [-0.4, -0.2) is 76.2 Å². The monoisotopic (exact) mass is 608 g/mol. The number of carbonyl (C=O) groups is 3. The number of benzene rings is 1. The minimum absolute atomic E-state index is 0.00121. The van der Waals surface area contributed by atoms with E-state index in [9.17, 15) is 19.5 Å². The van der Waals surface area contributed by atoms with E-state index in [1.165, 1.54) is 15.9 Å². The van der Waals surface area contributed by atoms with Crippen molar-refractivity contribution in [1.82, 2.24) is 4.90 Å². The van der Waals surface area contributed by atoms with Crippen molar-refractivity contribution in [3.05, 3.63) is 54.6 Å². The highest BCUT2D eigenvalue weighted by Gasteiger charge is 2.77. The third kappa shape index (κ3) is 4.72. The Morgan fingerprint density at radius 1 is 1.34 bits per heavy atom. The van der Waals surface area contributed by atoms with E-state index in [4.69, 9.17) is 21.1 Å². The van der Waals surface area contributed by atoms with E-state index < -0.39 is 47.5 Å². The number of anilines is 1. The molecule has 10 heteroatoms. The smallest absolute Gasteiger partial charge is 0.312 e. The first-order valence-electron chi connectivity index (χ1n) is 12.8. The van der Waals surface area contributed by atoms with Gasteiger partial charge in [0.25, 0.3) is 5.91 Å². The van der Waals surface area contributed by atoms with Gasteiger partial charge in [-0.2, -0.15) is 0 Å². The van der Waals surface area contributed by atoms with E-state index in [1.54, 1.807) is 30.3 Å². The molecule has 4 rings (SSSR count). The molecular formula is C28H34BrClN2O6. The highest BCUT2D eigenvalue weighted by atomic mass is 79.9. The van der Waals surface area contributed by atoms with Crippen molar-refractivity contribution in [3.63, 3.8) is 0 Å². The first-order chi connectivity index (χ1) is 18.1. The molecule has 1 spiro atoms. The molecule has 1 aromatic carbocycles. The number of halogens is 2. The van der Waals surface area contributed by atoms with Crippen molar-refractivity contribution in [3.8, 4) is 0 Å². The van der Waals surface area contributed by atoms with Crippen molar-refractivity contribution < 1.29 is 29.0 Å². The fraction of sp³-hybridized carbons (Fsp3) is 0.536. The fourth-order valence-electron chi connectivity index (χ4n) is 6.32. The topological polar surface area (TPSA) is 96.4 Å². The Morgan fingerprint density at radius 3 is 2.66 bits per heavy atom. The SMILES string of the molecule is C=CCOC(=O)[C@H]1[C@@H]2OC3(CC2Br)C(C(=O)N(CC=C)c2ccccc2Cl)N([C@@H](CO)CC(C)C)C(=O)[C@H]13. The second kappa shape index (κ2) is 11.5. The van der Waals surface area contributed by atoms with Crippen LogP contribution in [0.25, 0.3) is 0 Å². The number of esters is 1. The van der Waals surface area contributed by atoms with Crippen LogP contribution in [0.3, 0.4) is 0 Å². The molecule has 7 atom stereocenters. The summed E-state index contributed by atoms with van der Waals surface area (Å²) in [6.07, 6.45) is 3.23. The minimum atomic E-state index is -1.28. The summed E-state index contributed by atoms with van der Waals surface area (Å²) in [5.74, 6) is -3.04. The number of para-hydroxylation sites is 1. The third-order valence-electron chi connectivity index (χ3n) is 7.65. The lowest BCUT2D eigenvalue weighted by Crippen LogP contribution is -2.59. The number of ether oxygens (including phenoxy) is 2. The van der Waals surface area contributed by atoms with Gasteiger partial charge in [-0.15, -0.1) is 6.58 Å². The summed E-state index contributed by atoms with van der Waals surface area (Å²) >= 11 is 10.1. The van der Waals surface area contributed by atoms with Crippen molar-refractivity contribution in [1.29, 1.82) is 0 Å². The van der Waals surface area contributed by atoms with Gasteiger partial charge in [0, 0.05) is 11.4 Å². The first kappa shape index (κ1) is 28.8. The summed E-state index contributed by atoms with van der Waals surface area (Å²) in [5.41, 5.74) is -0.809. The van der Waals surface area contributed by atoms with E-state index in [-0.39, 0.29) is 36.4 Å². The summed E-state index contributed by atoms with van der Waals surface area (Å²) in [5, 5.41) is 10.8. The highest BCUT2D eigenvalue weighted by Crippen LogP contribution is 2.61. The van der Waals surface area contributed by atoms with Crippen LogP contribution >= 0.6 is 27.5 Å². The number of nitrogens with zero attached hydrogens (tertiary/aromatic N) is 2. The molecule has 1 aromatic rings. The number of hydrogen-bond donors (Lipinski definition) is 1. The molecule has 0 aromatic heterocycles. The Labute approximate surface area is 236 Å². The third-order valence-corrected chi connectivity index (χ3v) is 8.81. The van der Waals surface area contributed by atoms with Gasteiger partial charge < -0.3 is 24.4 Å². The molecule has 206 valence electrons. The number of hydrogen-bond acceptors (Lipinski definition) is 6. The van der Waals surface area contributed by atoms with Gasteiger partial charge in [0.15, 0.2) is 0 Å². The van der Waals surface area contributed by atoms with Gasteiger partial charge in [-0.1, -0.05) is 72.2 Å². The molecule has 3 saturated heterocycles. The Kier molecular flexibility index (Phi) is 8.71. The number of likely N-dealkylation sites (tertiary alicyclic amines) is 1. The van der Waals surface area contributed by atoms with Gasteiger partial charge in [-0.05, 0) is 30.9 Å². The average Bonchev–Trinajstić information content (AvgIpc) is 3.47. The zero-order valence-corrected chi connectivity index (χ0v) is 23.9. The quantitative estimate of drug-likeness (QED) is 0.233. The van der Waals surface area contributed by atoms with Gasteiger partial charge in [0.05, 0.1) is 41.3 Å². The number of alkyl halides is 1. The number of aliphatic hydroxyl groups excluding tert-OH is 1. The van der Waals surface area contributed by atoms with Crippen LogP contribution in [-0.2, 0) is 23.9 Å². The van der Waals surface area contributed by atoms with E-state index in [2.05, 4.69) is 29.1 Å². The van der Waals surface area contributed by atoms with Gasteiger partial charge in [0.1, 0.15) is 18.2 Å². The van der Waals surface area contributed by atoms with Crippen LogP contribution in [0.1, 0.15) is 26.7 Å². The van der Waals surface area contributed by atoms with Crippen molar-refractivity contribution >= 4 is 51.0 Å². The Morgan fingerprint density at radius 2 is 2.05 bits per heavy atom. The molecule has 3 heterocycles. The number of fused-ring (bicyclic) bond motifs is 1. The van der Waals surface area contributed by atoms with Crippen LogP contribution in [0.5, 0.6) is 0 Å². The van der Waals surface area contributed by atoms with Crippen LogP contribution in [0, 0.1) is 17.8 Å². The molecule has 0 saturated carbocycles. The zero-order chi connectivity index (χ0) is 27.8. The molecule has 3 fully saturated rings. The van der Waals surface area contributed by atoms with Crippen molar-refractivity contribution in [2.45, 2.75) is 55.3 Å². The molecule has 0 aliphatic carbocycles. The van der Waals surface area contributed by atoms with Crippen LogP contribution in [0.4, 0.5) is 5.69 Å². The summed E-state index contributed by atoms with van der Waals surface area (Å²) < 4.78 is 11.9. The summed E-state index contributed by atoms with van der Waals surface area (Å²) in [6.45, 7) is 11.2. The maximum absolute atomic E-state index is 14.5. The Hall–Kier alpha value is -2.20. The average molecular weight is 610 g/mol. The lowest BCUT2D eigenvalue weighted by Gasteiger charge is -2.40. The molecule has 3 aliphatic rings. The van der Waals surface area contributed by atoms with Crippen LogP contribution in [0.15, 0.2) is 49.6 Å². The minimum Gasteiger partial charge on any atom is -0.461 e. The fourth-order valence-corrected chi connectivity index (χ4v) is 7.50. The number of aliphatic hydroxyl groups is 1. The molecule has 3 unspecified atom stereocenters. The lowest BCUT2D eigenvalue weighted by molar-refractivity contribution is -0.154. The summed E-state index contributed by atoms with van der Waals surface area (Å²) in [6, 6.07) is 5.23. The molecule has 3 aliphatic heterocycles. The molecule has 38 heavy (non-hydrogen) atoms. The summed E-state index contributed by atoms with van der Waals surface area (Å²) in [4.78, 5) is 44.7. The zero-order valence-electron chi connectivity index (χ0n) is 21.6. The van der Waals surface area contributed by atoms with Crippen LogP contribution < -0.4 is 4.90 Å². The number of rotatable bonds is 11. The van der Waals surface area contributed by atoms with E-state index in [0.29, 0.717) is 23.6 Å². The first-order valence-corrected chi connectivity index (χ1v) is 14.1. The Balaban J connectivity index is 1.85. The number of amides is 2. The highest BCUT2D eigenvalue weighted by molar-refractivity contribution is 9.09. The normalized spacial score (nSPS) is 30.3. The van der Waals surface area contributed by atoms with Gasteiger partial charge in [0.2, 0.25) is 5.91 Å². The molecule has 8 nitrogen and oxygen atoms in total. The predicted octanol–water partition coefficient (Wildman–Crippen LogP) is 3.74. The van der Waals surface area contributed by atoms with E-state index >= 15 is 0 Å². The lowest BCUT2D eigenvalue weighted by atomic mass is 9.70. The predicted molar refractivity (Wildman–Crippen MR) is 148 cm³/mol. The largest absolute Gasteiger partial charge is 0.461 e. The van der Waals surface area contributed by atoms with Crippen molar-refractivity contribution in [2.24, 2.45) is 17.8 Å².